The molecule has 12 atom stereocenters. The number of carboxylic acid groups (broad SMARTS) is 1. The first-order valence-electron chi connectivity index (χ1n) is 19.2. The first kappa shape index (κ1) is 40.2. The number of aliphatic hydroxyl groups excluding tert-OH is 4. The van der Waals surface area contributed by atoms with Gasteiger partial charge in [-0.1, -0.05) is 91.0 Å². The van der Waals surface area contributed by atoms with Crippen LogP contribution in [0.2, 0.25) is 0 Å². The molecular formula is C43H61NO8. The summed E-state index contributed by atoms with van der Waals surface area (Å²) in [4.78, 5) is 40.5. The Bertz CT molecular complexity index is 1630. The zero-order chi connectivity index (χ0) is 38.6. The fourth-order valence-electron chi connectivity index (χ4n) is 11.5. The molecular weight excluding hydrogens is 658 g/mol. The van der Waals surface area contributed by atoms with Crippen LogP contribution in [-0.4, -0.2) is 80.6 Å². The summed E-state index contributed by atoms with van der Waals surface area (Å²) >= 11 is 0. The average Bonchev–Trinajstić information content (AvgIpc) is 3.27. The lowest BCUT2D eigenvalue weighted by Crippen LogP contribution is -2.63. The molecule has 6 N–H and O–H groups in total. The number of carbonyl (C=O) groups excluding carboxylic acids is 2. The van der Waals surface area contributed by atoms with Gasteiger partial charge in [-0.05, 0) is 66.7 Å². The molecule has 0 saturated heterocycles. The third-order valence-electron chi connectivity index (χ3n) is 14.3. The lowest BCUT2D eigenvalue weighted by atomic mass is 9.40. The Labute approximate surface area is 309 Å². The number of aliphatic hydroxyl groups is 4. The van der Waals surface area contributed by atoms with Gasteiger partial charge in [-0.15, -0.1) is 0 Å². The molecule has 9 heteroatoms. The van der Waals surface area contributed by atoms with Crippen molar-refractivity contribution in [1.29, 1.82) is 0 Å². The molecule has 9 nitrogen and oxygen atoms in total. The van der Waals surface area contributed by atoms with E-state index in [1.165, 1.54) is 13.0 Å². The largest absolute Gasteiger partial charge is 0.478 e. The van der Waals surface area contributed by atoms with Crippen molar-refractivity contribution >= 4 is 23.6 Å². The third kappa shape index (κ3) is 6.48. The minimum absolute atomic E-state index is 0.0581. The minimum Gasteiger partial charge on any atom is -0.478 e. The first-order valence-corrected chi connectivity index (χ1v) is 19.2. The van der Waals surface area contributed by atoms with Crippen LogP contribution in [0.1, 0.15) is 93.1 Å². The van der Waals surface area contributed by atoms with E-state index in [9.17, 15) is 39.9 Å². The van der Waals surface area contributed by atoms with E-state index in [0.717, 1.165) is 5.56 Å². The lowest BCUT2D eigenvalue weighted by Gasteiger charge is -2.63. The number of carbonyl (C=O) groups is 3. The number of allylic oxidation sites excluding steroid dienone is 1. The van der Waals surface area contributed by atoms with Gasteiger partial charge in [0.1, 0.15) is 5.78 Å². The van der Waals surface area contributed by atoms with Crippen molar-refractivity contribution in [3.8, 4) is 0 Å². The number of benzene rings is 1. The van der Waals surface area contributed by atoms with E-state index in [2.05, 4.69) is 12.2 Å². The Balaban J connectivity index is 1.64. The number of fused-ring (bicyclic) bond motifs is 4. The molecule has 0 spiro atoms. The second kappa shape index (κ2) is 14.7. The lowest BCUT2D eigenvalue weighted by molar-refractivity contribution is -0.151. The van der Waals surface area contributed by atoms with E-state index in [1.54, 1.807) is 0 Å². The van der Waals surface area contributed by atoms with Gasteiger partial charge in [-0.2, -0.15) is 0 Å². The zero-order valence-electron chi connectivity index (χ0n) is 32.2. The summed E-state index contributed by atoms with van der Waals surface area (Å²) in [7, 11) is 0. The van der Waals surface area contributed by atoms with Crippen molar-refractivity contribution in [2.45, 2.75) is 112 Å². The van der Waals surface area contributed by atoms with Gasteiger partial charge < -0.3 is 30.8 Å². The number of carboxylic acids is 1. The van der Waals surface area contributed by atoms with Gasteiger partial charge in [-0.3, -0.25) is 9.59 Å². The van der Waals surface area contributed by atoms with Crippen molar-refractivity contribution in [3.05, 3.63) is 64.8 Å². The summed E-state index contributed by atoms with van der Waals surface area (Å²) in [6.45, 7) is 16.5. The van der Waals surface area contributed by atoms with Crippen molar-refractivity contribution in [3.63, 3.8) is 0 Å². The van der Waals surface area contributed by atoms with Gasteiger partial charge in [0.15, 0.2) is 5.78 Å². The molecule has 2 fully saturated rings. The average molecular weight is 720 g/mol. The standard InChI is InChI=1S/C43H61NO8/c1-9-44-23-29(31(46)20-27(39(51)52)19-24(2)45)25(3)30-21-34(49)43(8)36-35(32(47)22-42(30,43)7)41(6)18-17-33(48)40(4,5)38(41)28(37(36)50)16-15-26-13-11-10-12-14-26/h10-16,20,24-25,28-31,34,37-38,44-46,49-50H,9,17-19,21-23H2,1-8H3,(H,51,52). The second-order valence-corrected chi connectivity index (χ2v) is 17.6. The Morgan fingerprint density at radius 2 is 1.69 bits per heavy atom. The van der Waals surface area contributed by atoms with E-state index in [4.69, 9.17) is 0 Å². The summed E-state index contributed by atoms with van der Waals surface area (Å²) in [5, 5.41) is 59.8. The molecule has 1 aromatic carbocycles. The number of hydrogen-bond donors (Lipinski definition) is 6. The number of Topliss-reactive ketones (excluding diaryl/α,β-unsaturated/α-hetero) is 2. The summed E-state index contributed by atoms with van der Waals surface area (Å²) in [5.41, 5.74) is -1.28. The van der Waals surface area contributed by atoms with Crippen LogP contribution in [-0.2, 0) is 14.4 Å². The highest BCUT2D eigenvalue weighted by Gasteiger charge is 2.71. The molecule has 286 valence electrons. The van der Waals surface area contributed by atoms with Crippen molar-refractivity contribution in [2.24, 2.45) is 51.2 Å². The maximum Gasteiger partial charge on any atom is 0.331 e. The minimum atomic E-state index is -1.20. The molecule has 0 aliphatic heterocycles. The molecule has 4 aliphatic rings. The van der Waals surface area contributed by atoms with Gasteiger partial charge in [0, 0.05) is 65.0 Å². The molecule has 0 heterocycles. The van der Waals surface area contributed by atoms with Crippen LogP contribution in [0.25, 0.3) is 6.08 Å². The molecule has 2 saturated carbocycles. The number of nitrogens with one attached hydrogen (secondary N) is 1. The smallest absolute Gasteiger partial charge is 0.331 e. The quantitative estimate of drug-likeness (QED) is 0.156. The normalized spacial score (nSPS) is 36.9. The molecule has 0 aromatic heterocycles. The van der Waals surface area contributed by atoms with Gasteiger partial charge >= 0.3 is 5.97 Å². The van der Waals surface area contributed by atoms with E-state index in [0.29, 0.717) is 43.5 Å². The van der Waals surface area contributed by atoms with Gasteiger partial charge in [-0.25, -0.2) is 4.79 Å². The molecule has 52 heavy (non-hydrogen) atoms. The number of hydrogen-bond acceptors (Lipinski definition) is 8. The monoisotopic (exact) mass is 719 g/mol. The highest BCUT2D eigenvalue weighted by molar-refractivity contribution is 6.01. The van der Waals surface area contributed by atoms with Crippen LogP contribution < -0.4 is 5.32 Å². The van der Waals surface area contributed by atoms with Gasteiger partial charge in [0.2, 0.25) is 0 Å². The number of ketones is 2. The van der Waals surface area contributed by atoms with Gasteiger partial charge in [0.25, 0.3) is 0 Å². The number of aliphatic carboxylic acids is 1. The van der Waals surface area contributed by atoms with Crippen molar-refractivity contribution in [2.75, 3.05) is 13.1 Å². The summed E-state index contributed by atoms with van der Waals surface area (Å²) in [6.07, 6.45) is 2.39. The topological polar surface area (TPSA) is 164 Å². The Hall–Kier alpha value is -2.95. The Morgan fingerprint density at radius 1 is 1.04 bits per heavy atom. The van der Waals surface area contributed by atoms with Crippen LogP contribution >= 0.6 is 0 Å². The fraction of sp³-hybridized carbons (Fsp3) is 0.651. The maximum absolute atomic E-state index is 14.9. The zero-order valence-corrected chi connectivity index (χ0v) is 32.2. The molecule has 5 rings (SSSR count). The van der Waals surface area contributed by atoms with Crippen LogP contribution in [0.3, 0.4) is 0 Å². The van der Waals surface area contributed by atoms with Crippen LogP contribution in [0.15, 0.2) is 59.2 Å². The Morgan fingerprint density at radius 3 is 2.29 bits per heavy atom. The Kier molecular flexibility index (Phi) is 11.4. The van der Waals surface area contributed by atoms with Crippen LogP contribution in [0.4, 0.5) is 0 Å². The summed E-state index contributed by atoms with van der Waals surface area (Å²) in [5.74, 6) is -3.03. The van der Waals surface area contributed by atoms with E-state index in [1.807, 2.05) is 84.0 Å². The molecule has 0 amide bonds. The highest BCUT2D eigenvalue weighted by atomic mass is 16.4. The number of rotatable bonds is 12. The van der Waals surface area contributed by atoms with E-state index in [-0.39, 0.29) is 47.7 Å². The summed E-state index contributed by atoms with van der Waals surface area (Å²) in [6, 6.07) is 9.81. The van der Waals surface area contributed by atoms with Crippen LogP contribution in [0.5, 0.6) is 0 Å². The SMILES string of the molecule is CCNCC(C(O)C=C(CC(C)O)C(=O)O)C(C)C1CC(O)C2(C)C3=C(C(=O)CC12C)C1(C)CCC(=O)C(C)(C)C1C(C=Cc1ccccc1)C3O. The highest BCUT2D eigenvalue weighted by Crippen LogP contribution is 2.72. The molecule has 0 bridgehead atoms. The van der Waals surface area contributed by atoms with E-state index >= 15 is 0 Å². The van der Waals surface area contributed by atoms with Crippen LogP contribution in [0, 0.1) is 51.2 Å². The first-order chi connectivity index (χ1) is 24.3. The van der Waals surface area contributed by atoms with Crippen molar-refractivity contribution in [1.82, 2.24) is 5.32 Å². The van der Waals surface area contributed by atoms with E-state index < -0.39 is 63.9 Å². The van der Waals surface area contributed by atoms with Gasteiger partial charge in [0.05, 0.1) is 24.4 Å². The molecule has 12 unspecified atom stereocenters. The predicted molar refractivity (Wildman–Crippen MR) is 201 cm³/mol. The van der Waals surface area contributed by atoms with Crippen molar-refractivity contribution < 1.29 is 39.9 Å². The predicted octanol–water partition coefficient (Wildman–Crippen LogP) is 5.37. The fourth-order valence-corrected chi connectivity index (χ4v) is 11.5. The third-order valence-corrected chi connectivity index (χ3v) is 14.3. The second-order valence-electron chi connectivity index (χ2n) is 17.6. The molecule has 0 radical (unpaired) electrons. The molecule has 1 aromatic rings. The maximum atomic E-state index is 14.9. The summed E-state index contributed by atoms with van der Waals surface area (Å²) < 4.78 is 0. The molecule has 4 aliphatic carbocycles.